The molecule has 0 heterocycles. The summed E-state index contributed by atoms with van der Waals surface area (Å²) >= 11 is 0. The van der Waals surface area contributed by atoms with Gasteiger partial charge in [-0.1, -0.05) is 32.1 Å². The molecule has 1 unspecified atom stereocenters. The van der Waals surface area contributed by atoms with Crippen LogP contribution in [-0.4, -0.2) is 13.2 Å². The van der Waals surface area contributed by atoms with E-state index in [1.54, 1.807) is 0 Å². The maximum atomic E-state index is 5.65. The standard InChI is InChI=1S/C17H26O2/c1-5-8-9-14(4)12-15-10-11-16(18-6-2)17(13-15)19-7-3/h8-11,13-14H,5-7,12H2,1-4H3/b9-8-. The molecule has 2 nitrogen and oxygen atoms in total. The average molecular weight is 262 g/mol. The van der Waals surface area contributed by atoms with Crippen LogP contribution < -0.4 is 9.47 Å². The Hall–Kier alpha value is -1.44. The summed E-state index contributed by atoms with van der Waals surface area (Å²) in [6.07, 6.45) is 6.63. The summed E-state index contributed by atoms with van der Waals surface area (Å²) in [7, 11) is 0. The van der Waals surface area contributed by atoms with E-state index in [1.165, 1.54) is 5.56 Å². The number of allylic oxidation sites excluding steroid dienone is 2. The highest BCUT2D eigenvalue weighted by atomic mass is 16.5. The van der Waals surface area contributed by atoms with Crippen LogP contribution in [0.4, 0.5) is 0 Å². The van der Waals surface area contributed by atoms with E-state index in [0.29, 0.717) is 19.1 Å². The first-order chi connectivity index (χ1) is 9.21. The Balaban J connectivity index is 2.79. The van der Waals surface area contributed by atoms with Crippen LogP contribution in [0.1, 0.15) is 39.7 Å². The molecule has 1 aromatic carbocycles. The molecule has 0 bridgehead atoms. The normalized spacial score (nSPS) is 12.6. The molecular formula is C17H26O2. The van der Waals surface area contributed by atoms with Crippen molar-refractivity contribution >= 4 is 0 Å². The van der Waals surface area contributed by atoms with Crippen LogP contribution in [0.25, 0.3) is 0 Å². The van der Waals surface area contributed by atoms with Gasteiger partial charge in [0.1, 0.15) is 0 Å². The van der Waals surface area contributed by atoms with Crippen molar-refractivity contribution in [3.63, 3.8) is 0 Å². The molecule has 0 aliphatic carbocycles. The van der Waals surface area contributed by atoms with Gasteiger partial charge in [-0.25, -0.2) is 0 Å². The Morgan fingerprint density at radius 2 is 1.74 bits per heavy atom. The second kappa shape index (κ2) is 8.63. The van der Waals surface area contributed by atoms with E-state index >= 15 is 0 Å². The fourth-order valence-electron chi connectivity index (χ4n) is 2.03. The van der Waals surface area contributed by atoms with Gasteiger partial charge in [-0.2, -0.15) is 0 Å². The van der Waals surface area contributed by atoms with Crippen LogP contribution in [0, 0.1) is 5.92 Å². The lowest BCUT2D eigenvalue weighted by Gasteiger charge is -2.13. The van der Waals surface area contributed by atoms with Crippen molar-refractivity contribution in [1.29, 1.82) is 0 Å². The molecule has 1 rings (SSSR count). The van der Waals surface area contributed by atoms with Crippen molar-refractivity contribution in [3.05, 3.63) is 35.9 Å². The first-order valence-corrected chi connectivity index (χ1v) is 7.26. The van der Waals surface area contributed by atoms with Gasteiger partial charge in [0.25, 0.3) is 0 Å². The molecule has 0 N–H and O–H groups in total. The lowest BCUT2D eigenvalue weighted by molar-refractivity contribution is 0.287. The molecule has 2 heteroatoms. The predicted molar refractivity (Wildman–Crippen MR) is 81.1 cm³/mol. The summed E-state index contributed by atoms with van der Waals surface area (Å²) < 4.78 is 11.2. The monoisotopic (exact) mass is 262 g/mol. The van der Waals surface area contributed by atoms with E-state index in [1.807, 2.05) is 19.9 Å². The fourth-order valence-corrected chi connectivity index (χ4v) is 2.03. The quantitative estimate of drug-likeness (QED) is 0.636. The van der Waals surface area contributed by atoms with Gasteiger partial charge in [0, 0.05) is 0 Å². The van der Waals surface area contributed by atoms with Gasteiger partial charge in [-0.05, 0) is 50.3 Å². The molecule has 0 fully saturated rings. The fraction of sp³-hybridized carbons (Fsp3) is 0.529. The Kier molecular flexibility index (Phi) is 7.09. The number of rotatable bonds is 8. The van der Waals surface area contributed by atoms with Gasteiger partial charge in [0.15, 0.2) is 11.5 Å². The SMILES string of the molecule is CC/C=C\C(C)Cc1ccc(OCC)c(OCC)c1. The maximum Gasteiger partial charge on any atom is 0.161 e. The molecule has 0 saturated heterocycles. The lowest BCUT2D eigenvalue weighted by atomic mass is 10.00. The molecular weight excluding hydrogens is 236 g/mol. The summed E-state index contributed by atoms with van der Waals surface area (Å²) in [6, 6.07) is 6.24. The highest BCUT2D eigenvalue weighted by Gasteiger charge is 2.07. The smallest absolute Gasteiger partial charge is 0.161 e. The minimum Gasteiger partial charge on any atom is -0.490 e. The second-order valence-electron chi connectivity index (χ2n) is 4.66. The van der Waals surface area contributed by atoms with Crippen molar-refractivity contribution in [3.8, 4) is 11.5 Å². The Morgan fingerprint density at radius 1 is 1.05 bits per heavy atom. The highest BCUT2D eigenvalue weighted by molar-refractivity contribution is 5.43. The van der Waals surface area contributed by atoms with Gasteiger partial charge < -0.3 is 9.47 Å². The van der Waals surface area contributed by atoms with E-state index in [-0.39, 0.29) is 0 Å². The van der Waals surface area contributed by atoms with Crippen LogP contribution in [0.3, 0.4) is 0 Å². The number of ether oxygens (including phenoxy) is 2. The van der Waals surface area contributed by atoms with E-state index < -0.39 is 0 Å². The molecule has 0 radical (unpaired) electrons. The zero-order valence-electron chi connectivity index (χ0n) is 12.6. The number of benzene rings is 1. The van der Waals surface area contributed by atoms with Gasteiger partial charge >= 0.3 is 0 Å². The highest BCUT2D eigenvalue weighted by Crippen LogP contribution is 2.29. The summed E-state index contributed by atoms with van der Waals surface area (Å²) in [6.45, 7) is 9.70. The molecule has 0 amide bonds. The van der Waals surface area contributed by atoms with E-state index in [9.17, 15) is 0 Å². The van der Waals surface area contributed by atoms with Gasteiger partial charge in [-0.3, -0.25) is 0 Å². The van der Waals surface area contributed by atoms with Gasteiger partial charge in [0.2, 0.25) is 0 Å². The lowest BCUT2D eigenvalue weighted by Crippen LogP contribution is -2.01. The predicted octanol–water partition coefficient (Wildman–Crippen LogP) is 4.63. The van der Waals surface area contributed by atoms with E-state index in [0.717, 1.165) is 24.3 Å². The molecule has 0 spiro atoms. The zero-order valence-corrected chi connectivity index (χ0v) is 12.6. The number of hydrogen-bond donors (Lipinski definition) is 0. The minimum absolute atomic E-state index is 0.548. The summed E-state index contributed by atoms with van der Waals surface area (Å²) in [5.74, 6) is 2.24. The third-order valence-corrected chi connectivity index (χ3v) is 2.87. The Labute approximate surface area is 117 Å². The molecule has 19 heavy (non-hydrogen) atoms. The second-order valence-corrected chi connectivity index (χ2v) is 4.66. The topological polar surface area (TPSA) is 18.5 Å². The van der Waals surface area contributed by atoms with E-state index in [4.69, 9.17) is 9.47 Å². The summed E-state index contributed by atoms with van der Waals surface area (Å²) in [5.41, 5.74) is 1.29. The Morgan fingerprint density at radius 3 is 2.37 bits per heavy atom. The van der Waals surface area contributed by atoms with Crippen molar-refractivity contribution in [2.75, 3.05) is 13.2 Å². The first kappa shape index (κ1) is 15.6. The zero-order chi connectivity index (χ0) is 14.1. The molecule has 0 aromatic heterocycles. The number of hydrogen-bond acceptors (Lipinski definition) is 2. The van der Waals surface area contributed by atoms with E-state index in [2.05, 4.69) is 38.1 Å². The van der Waals surface area contributed by atoms with Crippen molar-refractivity contribution < 1.29 is 9.47 Å². The third-order valence-electron chi connectivity index (χ3n) is 2.87. The van der Waals surface area contributed by atoms with Crippen LogP contribution >= 0.6 is 0 Å². The van der Waals surface area contributed by atoms with Crippen molar-refractivity contribution in [2.24, 2.45) is 5.92 Å². The van der Waals surface area contributed by atoms with Crippen LogP contribution in [0.15, 0.2) is 30.4 Å². The molecule has 0 aliphatic rings. The van der Waals surface area contributed by atoms with Crippen molar-refractivity contribution in [2.45, 2.75) is 40.5 Å². The Bertz CT molecular complexity index is 396. The van der Waals surface area contributed by atoms with Gasteiger partial charge in [0.05, 0.1) is 13.2 Å². The molecule has 1 aromatic rings. The molecule has 0 saturated carbocycles. The van der Waals surface area contributed by atoms with Crippen LogP contribution in [-0.2, 0) is 6.42 Å². The van der Waals surface area contributed by atoms with Crippen LogP contribution in [0.2, 0.25) is 0 Å². The first-order valence-electron chi connectivity index (χ1n) is 7.26. The molecule has 106 valence electrons. The summed E-state index contributed by atoms with van der Waals surface area (Å²) in [4.78, 5) is 0. The maximum absolute atomic E-state index is 5.65. The average Bonchev–Trinajstić information content (AvgIpc) is 2.40. The summed E-state index contributed by atoms with van der Waals surface area (Å²) in [5, 5.41) is 0. The minimum atomic E-state index is 0.548. The third kappa shape index (κ3) is 5.37. The molecule has 0 aliphatic heterocycles. The largest absolute Gasteiger partial charge is 0.490 e. The molecule has 1 atom stereocenters. The van der Waals surface area contributed by atoms with Gasteiger partial charge in [-0.15, -0.1) is 0 Å². The van der Waals surface area contributed by atoms with Crippen LogP contribution in [0.5, 0.6) is 11.5 Å². The van der Waals surface area contributed by atoms with Crippen molar-refractivity contribution in [1.82, 2.24) is 0 Å².